The summed E-state index contributed by atoms with van der Waals surface area (Å²) in [5.41, 5.74) is 5.29. The molecule has 0 saturated heterocycles. The largest absolute Gasteiger partial charge is 0.392 e. The Morgan fingerprint density at radius 3 is 2.21 bits per heavy atom. The summed E-state index contributed by atoms with van der Waals surface area (Å²) in [6.45, 7) is 0.761. The van der Waals surface area contributed by atoms with Gasteiger partial charge in [-0.05, 0) is 31.9 Å². The number of thioether (sulfide) groups is 1. The maximum absolute atomic E-state index is 12.5. The molecule has 0 radical (unpaired) electrons. The van der Waals surface area contributed by atoms with Gasteiger partial charge in [-0.2, -0.15) is 11.8 Å². The highest BCUT2D eigenvalue weighted by Gasteiger charge is 2.44. The lowest BCUT2D eigenvalue weighted by molar-refractivity contribution is -0.127. The highest BCUT2D eigenvalue weighted by molar-refractivity contribution is 8.00. The molecule has 0 aromatic rings. The summed E-state index contributed by atoms with van der Waals surface area (Å²) in [7, 11) is 0. The predicted molar refractivity (Wildman–Crippen MR) is 85.4 cm³/mol. The van der Waals surface area contributed by atoms with Crippen molar-refractivity contribution in [3.63, 3.8) is 0 Å². The van der Waals surface area contributed by atoms with Crippen LogP contribution in [-0.4, -0.2) is 28.4 Å². The molecule has 1 amide bonds. The first-order valence-corrected chi connectivity index (χ1v) is 8.81. The minimum absolute atomic E-state index is 0.0674. The molecule has 3 nitrogen and oxygen atoms in total. The van der Waals surface area contributed by atoms with Crippen molar-refractivity contribution in [1.82, 2.24) is 5.32 Å². The molecule has 5 heteroatoms. The molecule has 2 fully saturated rings. The molecule has 0 aliphatic heterocycles. The topological polar surface area (TPSA) is 55.1 Å². The Hall–Kier alpha value is -0.290. The van der Waals surface area contributed by atoms with Crippen LogP contribution in [0.25, 0.3) is 0 Å². The van der Waals surface area contributed by atoms with Gasteiger partial charge in [-0.3, -0.25) is 4.79 Å². The molecule has 0 spiro atoms. The molecule has 0 unspecified atom stereocenters. The van der Waals surface area contributed by atoms with E-state index in [9.17, 15) is 4.79 Å². The number of nitrogens with two attached hydrogens (primary N) is 1. The van der Waals surface area contributed by atoms with Crippen molar-refractivity contribution in [2.24, 2.45) is 11.1 Å². The third kappa shape index (κ3) is 2.92. The Labute approximate surface area is 125 Å². The van der Waals surface area contributed by atoms with Crippen molar-refractivity contribution in [2.75, 3.05) is 12.8 Å². The maximum atomic E-state index is 12.5. The minimum atomic E-state index is -0.562. The number of carbonyl (C=O) groups is 1. The summed E-state index contributed by atoms with van der Waals surface area (Å²) >= 11 is 7.05. The van der Waals surface area contributed by atoms with Crippen LogP contribution < -0.4 is 11.1 Å². The third-order valence-electron chi connectivity index (χ3n) is 4.88. The van der Waals surface area contributed by atoms with Gasteiger partial charge in [0.25, 0.3) is 0 Å². The van der Waals surface area contributed by atoms with Crippen LogP contribution in [0.4, 0.5) is 0 Å². The number of amides is 1. The van der Waals surface area contributed by atoms with Crippen molar-refractivity contribution < 1.29 is 4.79 Å². The highest BCUT2D eigenvalue weighted by Crippen LogP contribution is 2.41. The van der Waals surface area contributed by atoms with E-state index in [1.165, 1.54) is 25.7 Å². The lowest BCUT2D eigenvalue weighted by Crippen LogP contribution is -2.50. The molecule has 0 aromatic carbocycles. The zero-order chi connectivity index (χ0) is 13.9. The average Bonchev–Trinajstić information content (AvgIpc) is 3.06. The van der Waals surface area contributed by atoms with E-state index in [1.54, 1.807) is 0 Å². The van der Waals surface area contributed by atoms with Crippen LogP contribution in [-0.2, 0) is 4.79 Å². The molecule has 0 aromatic heterocycles. The van der Waals surface area contributed by atoms with E-state index in [2.05, 4.69) is 11.6 Å². The van der Waals surface area contributed by atoms with Crippen LogP contribution in [0.5, 0.6) is 0 Å². The SMILES string of the molecule is CSC1(CNC(=O)C2(C(N)=S)CCCC2)CCCC1. The summed E-state index contributed by atoms with van der Waals surface area (Å²) in [4.78, 5) is 12.9. The number of hydrogen-bond acceptors (Lipinski definition) is 3. The number of carbonyl (C=O) groups excluding carboxylic acids is 1. The van der Waals surface area contributed by atoms with Gasteiger partial charge < -0.3 is 11.1 Å². The zero-order valence-electron chi connectivity index (χ0n) is 11.7. The Morgan fingerprint density at radius 1 is 1.21 bits per heavy atom. The molecule has 19 heavy (non-hydrogen) atoms. The summed E-state index contributed by atoms with van der Waals surface area (Å²) in [5, 5.41) is 3.15. The zero-order valence-corrected chi connectivity index (χ0v) is 13.3. The fourth-order valence-corrected chi connectivity index (χ4v) is 4.66. The Bertz CT molecular complexity index is 358. The van der Waals surface area contributed by atoms with Crippen LogP contribution in [0.2, 0.25) is 0 Å². The molecule has 2 rings (SSSR count). The standard InChI is InChI=1S/C14H24N2OS2/c1-19-13(6-2-3-7-13)10-16-12(17)14(11(15)18)8-4-5-9-14/h2-10H2,1H3,(H2,15,18)(H,16,17). The summed E-state index contributed by atoms with van der Waals surface area (Å²) in [6.07, 6.45) is 10.9. The minimum Gasteiger partial charge on any atom is -0.392 e. The van der Waals surface area contributed by atoms with E-state index in [0.29, 0.717) is 4.99 Å². The van der Waals surface area contributed by atoms with Gasteiger partial charge in [0.05, 0.1) is 10.4 Å². The van der Waals surface area contributed by atoms with Crippen LogP contribution in [0, 0.1) is 5.41 Å². The molecule has 2 saturated carbocycles. The van der Waals surface area contributed by atoms with E-state index in [1.807, 2.05) is 11.8 Å². The molecule has 0 atom stereocenters. The molecule has 3 N–H and O–H groups in total. The Balaban J connectivity index is 1.98. The predicted octanol–water partition coefficient (Wildman–Crippen LogP) is 2.62. The highest BCUT2D eigenvalue weighted by atomic mass is 32.2. The second-order valence-corrected chi connectivity index (χ2v) is 7.64. The fraction of sp³-hybridized carbons (Fsp3) is 0.857. The van der Waals surface area contributed by atoms with Gasteiger partial charge in [0.2, 0.25) is 5.91 Å². The van der Waals surface area contributed by atoms with Gasteiger partial charge in [-0.15, -0.1) is 0 Å². The van der Waals surface area contributed by atoms with Gasteiger partial charge in [0.1, 0.15) is 0 Å². The summed E-state index contributed by atoms with van der Waals surface area (Å²) < 4.78 is 0.242. The maximum Gasteiger partial charge on any atom is 0.233 e. The first kappa shape index (κ1) is 15.1. The molecule has 0 heterocycles. The molecule has 2 aliphatic rings. The van der Waals surface area contributed by atoms with E-state index in [4.69, 9.17) is 18.0 Å². The average molecular weight is 300 g/mol. The summed E-state index contributed by atoms with van der Waals surface area (Å²) in [5.74, 6) is 0.0674. The van der Waals surface area contributed by atoms with E-state index in [0.717, 1.165) is 32.2 Å². The first-order chi connectivity index (χ1) is 9.05. The van der Waals surface area contributed by atoms with Gasteiger partial charge in [-0.1, -0.05) is 37.9 Å². The van der Waals surface area contributed by atoms with Crippen molar-refractivity contribution >= 4 is 34.9 Å². The normalized spacial score (nSPS) is 24.3. The van der Waals surface area contributed by atoms with Crippen LogP contribution in [0.3, 0.4) is 0 Å². The third-order valence-corrected chi connectivity index (χ3v) is 6.69. The second kappa shape index (κ2) is 6.00. The Morgan fingerprint density at radius 2 is 1.74 bits per heavy atom. The molecular formula is C14H24N2OS2. The molecule has 2 aliphatic carbocycles. The Kier molecular flexibility index (Phi) is 4.77. The van der Waals surface area contributed by atoms with Gasteiger partial charge in [0.15, 0.2) is 0 Å². The summed E-state index contributed by atoms with van der Waals surface area (Å²) in [6, 6.07) is 0. The van der Waals surface area contributed by atoms with E-state index >= 15 is 0 Å². The van der Waals surface area contributed by atoms with Crippen LogP contribution >= 0.6 is 24.0 Å². The first-order valence-electron chi connectivity index (χ1n) is 7.18. The van der Waals surface area contributed by atoms with Gasteiger partial charge >= 0.3 is 0 Å². The second-order valence-electron chi connectivity index (χ2n) is 5.93. The van der Waals surface area contributed by atoms with Crippen LogP contribution in [0.15, 0.2) is 0 Å². The van der Waals surface area contributed by atoms with Crippen molar-refractivity contribution in [1.29, 1.82) is 0 Å². The van der Waals surface area contributed by atoms with Crippen molar-refractivity contribution in [3.8, 4) is 0 Å². The lowest BCUT2D eigenvalue weighted by Gasteiger charge is -2.31. The van der Waals surface area contributed by atoms with Crippen molar-refractivity contribution in [3.05, 3.63) is 0 Å². The quantitative estimate of drug-likeness (QED) is 0.766. The van der Waals surface area contributed by atoms with Crippen LogP contribution in [0.1, 0.15) is 51.4 Å². The molecular weight excluding hydrogens is 276 g/mol. The molecule has 108 valence electrons. The number of thiocarbonyl (C=S) groups is 1. The van der Waals surface area contributed by atoms with E-state index in [-0.39, 0.29) is 10.7 Å². The number of nitrogens with one attached hydrogen (secondary N) is 1. The lowest BCUT2D eigenvalue weighted by atomic mass is 9.85. The van der Waals surface area contributed by atoms with Gasteiger partial charge in [0, 0.05) is 11.3 Å². The fourth-order valence-electron chi connectivity index (χ4n) is 3.45. The monoisotopic (exact) mass is 300 g/mol. The number of hydrogen-bond donors (Lipinski definition) is 2. The van der Waals surface area contributed by atoms with Gasteiger partial charge in [-0.25, -0.2) is 0 Å². The number of rotatable bonds is 5. The van der Waals surface area contributed by atoms with Crippen molar-refractivity contribution in [2.45, 2.75) is 56.1 Å². The molecule has 0 bridgehead atoms. The smallest absolute Gasteiger partial charge is 0.233 e. The van der Waals surface area contributed by atoms with E-state index < -0.39 is 5.41 Å².